The number of rotatable bonds is 10. The molecule has 0 N–H and O–H groups in total. The predicted molar refractivity (Wildman–Crippen MR) is 563 cm³/mol. The Bertz CT molecular complexity index is 9800. The molecule has 133 heavy (non-hydrogen) atoms. The van der Waals surface area contributed by atoms with E-state index in [2.05, 4.69) is 319 Å². The van der Waals surface area contributed by atoms with Crippen molar-refractivity contribution in [1.82, 2.24) is 39.0 Å². The van der Waals surface area contributed by atoms with Gasteiger partial charge in [-0.05, 0) is 182 Å². The average molecular weight is 1770 g/mol. The first-order valence-corrected chi connectivity index (χ1v) is 47.8. The van der Waals surface area contributed by atoms with E-state index >= 15 is 0 Å². The number of fused-ring (bicyclic) bond motifs is 27. The highest BCUT2D eigenvalue weighted by molar-refractivity contribution is 7.28. The van der Waals surface area contributed by atoms with Crippen LogP contribution < -0.4 is 0 Å². The van der Waals surface area contributed by atoms with E-state index in [0.717, 1.165) is 83.1 Å². The van der Waals surface area contributed by atoms with Crippen molar-refractivity contribution in [2.75, 3.05) is 0 Å². The van der Waals surface area contributed by atoms with Gasteiger partial charge in [0.1, 0.15) is 5.58 Å². The predicted octanol–water partition coefficient (Wildman–Crippen LogP) is 34.1. The standard InChI is InChI=1S/C63H36N4S2.C57H32N4OS2/c1-3-13-37(14-4-1)61-64-62(38-15-5-2-6-16-38)66-63(65-61)41-23-27-45-46-28-26-42(34-50(46)44-18-8-7-17-43(44)49(45)33-41)67-55-21-11-9-19-47(55)51-31-39(24-29-56(51)67)40-25-30-58-52(32-40)54-36-59-53(35-60(54)69-58)48-20-10-12-22-57(48)68-59;1-3-13-33(14-4-1)55-58-56(34-15-5-2-6-16-34)60-57(59-55)41-21-11-19-39-40-20-12-23-48(54(40)62-53(39)41)61-46-22-9-7-17-37(46)42-29-35(25-27-47(42)61)36-26-28-50-43(30-36)45-32-51-44(31-52(45)64-50)38-18-8-10-24-49(38)63-51/h1-36H;1-32H. The third-order valence-corrected chi connectivity index (χ3v) is 31.2. The Labute approximate surface area is 775 Å². The van der Waals surface area contributed by atoms with E-state index in [9.17, 15) is 0 Å². The van der Waals surface area contributed by atoms with Crippen LogP contribution in [0.15, 0.2) is 417 Å². The summed E-state index contributed by atoms with van der Waals surface area (Å²) < 4.78 is 22.5. The Morgan fingerprint density at radius 3 is 0.970 bits per heavy atom. The van der Waals surface area contributed by atoms with Gasteiger partial charge in [0, 0.05) is 147 Å². The van der Waals surface area contributed by atoms with Crippen molar-refractivity contribution in [3.05, 3.63) is 413 Å². The summed E-state index contributed by atoms with van der Waals surface area (Å²) in [6, 6.07) is 148. The Balaban J connectivity index is 0.000000133. The quantitative estimate of drug-likeness (QED) is 0.126. The van der Waals surface area contributed by atoms with Crippen molar-refractivity contribution in [3.8, 4) is 102 Å². The number of hydrogen-bond acceptors (Lipinski definition) is 11. The van der Waals surface area contributed by atoms with Crippen molar-refractivity contribution in [2.45, 2.75) is 0 Å². The van der Waals surface area contributed by atoms with E-state index in [0.29, 0.717) is 34.9 Å². The highest BCUT2D eigenvalue weighted by Crippen LogP contribution is 2.50. The van der Waals surface area contributed by atoms with Gasteiger partial charge in [-0.25, -0.2) is 29.9 Å². The summed E-state index contributed by atoms with van der Waals surface area (Å²) in [5.41, 5.74) is 18.6. The number of para-hydroxylation sites is 4. The second kappa shape index (κ2) is 30.0. The fourth-order valence-electron chi connectivity index (χ4n) is 20.4. The van der Waals surface area contributed by atoms with Crippen LogP contribution in [0.1, 0.15) is 0 Å². The Morgan fingerprint density at radius 2 is 0.481 bits per heavy atom. The smallest absolute Gasteiger partial charge is 0.167 e. The number of hydrogen-bond donors (Lipinski definition) is 0. The summed E-state index contributed by atoms with van der Waals surface area (Å²) in [5.74, 6) is 3.73. The van der Waals surface area contributed by atoms with Gasteiger partial charge in [-0.15, -0.1) is 45.3 Å². The minimum absolute atomic E-state index is 0.560. The Kier molecular flexibility index (Phi) is 17.0. The van der Waals surface area contributed by atoms with E-state index < -0.39 is 0 Å². The summed E-state index contributed by atoms with van der Waals surface area (Å²) in [5, 5.41) is 24.7. The van der Waals surface area contributed by atoms with Crippen LogP contribution in [0, 0.1) is 0 Å². The van der Waals surface area contributed by atoms with Gasteiger partial charge in [-0.1, -0.05) is 285 Å². The summed E-state index contributed by atoms with van der Waals surface area (Å²) in [4.78, 5) is 30.2. The molecule has 29 aromatic rings. The molecule has 13 heteroatoms. The molecular weight excluding hydrogens is 1700 g/mol. The first-order valence-electron chi connectivity index (χ1n) is 44.6. The zero-order valence-corrected chi connectivity index (χ0v) is 74.1. The van der Waals surface area contributed by atoms with Crippen LogP contribution in [-0.4, -0.2) is 39.0 Å². The van der Waals surface area contributed by atoms with Crippen LogP contribution in [0.25, 0.3) is 281 Å². The number of benzene rings is 20. The van der Waals surface area contributed by atoms with Crippen molar-refractivity contribution >= 4 is 224 Å². The summed E-state index contributed by atoms with van der Waals surface area (Å²) in [6.07, 6.45) is 0. The zero-order chi connectivity index (χ0) is 87.0. The second-order valence-electron chi connectivity index (χ2n) is 34.2. The van der Waals surface area contributed by atoms with Crippen molar-refractivity contribution in [3.63, 3.8) is 0 Å². The largest absolute Gasteiger partial charge is 0.453 e. The Morgan fingerprint density at radius 1 is 0.165 bits per heavy atom. The highest BCUT2D eigenvalue weighted by Gasteiger charge is 2.26. The van der Waals surface area contributed by atoms with Crippen LogP contribution >= 0.6 is 45.3 Å². The Hall–Kier alpha value is -16.5. The molecule has 0 aliphatic carbocycles. The summed E-state index contributed by atoms with van der Waals surface area (Å²) in [6.45, 7) is 0. The van der Waals surface area contributed by atoms with Gasteiger partial charge in [-0.3, -0.25) is 0 Å². The highest BCUT2D eigenvalue weighted by atomic mass is 32.1. The number of nitrogens with zero attached hydrogens (tertiary/aromatic N) is 8. The fraction of sp³-hybridized carbons (Fsp3) is 0. The van der Waals surface area contributed by atoms with Gasteiger partial charge in [0.2, 0.25) is 0 Å². The lowest BCUT2D eigenvalue weighted by Crippen LogP contribution is -2.00. The number of thiophene rings is 4. The van der Waals surface area contributed by atoms with Crippen LogP contribution in [0.4, 0.5) is 0 Å². The molecule has 9 heterocycles. The molecule has 20 aromatic carbocycles. The minimum atomic E-state index is 0.560. The molecule has 618 valence electrons. The molecule has 9 aromatic heterocycles. The molecule has 0 radical (unpaired) electrons. The summed E-state index contributed by atoms with van der Waals surface area (Å²) in [7, 11) is 0. The lowest BCUT2D eigenvalue weighted by Gasteiger charge is -2.15. The van der Waals surface area contributed by atoms with Gasteiger partial charge in [0.15, 0.2) is 40.5 Å². The maximum atomic E-state index is 7.07. The molecule has 0 bridgehead atoms. The fourth-order valence-corrected chi connectivity index (χ4v) is 24.9. The second-order valence-corrected chi connectivity index (χ2v) is 38.6. The monoisotopic (exact) mass is 1760 g/mol. The first-order chi connectivity index (χ1) is 65.9. The zero-order valence-electron chi connectivity index (χ0n) is 70.9. The topological polar surface area (TPSA) is 100 Å². The number of aromatic nitrogens is 8. The normalized spacial score (nSPS) is 12.1. The molecular formula is C120H68N8OS4. The van der Waals surface area contributed by atoms with E-state index in [1.807, 2.05) is 148 Å². The third kappa shape index (κ3) is 12.2. The van der Waals surface area contributed by atoms with Crippen LogP contribution in [0.2, 0.25) is 0 Å². The first kappa shape index (κ1) is 75.5. The molecule has 0 fully saturated rings. The molecule has 0 atom stereocenters. The van der Waals surface area contributed by atoms with E-state index in [1.165, 1.54) is 162 Å². The molecule has 0 amide bonds. The third-order valence-electron chi connectivity index (χ3n) is 26.7. The van der Waals surface area contributed by atoms with E-state index in [-0.39, 0.29) is 0 Å². The summed E-state index contributed by atoms with van der Waals surface area (Å²) >= 11 is 7.54. The molecule has 0 spiro atoms. The maximum Gasteiger partial charge on any atom is 0.167 e. The molecule has 0 saturated heterocycles. The molecule has 0 aliphatic rings. The van der Waals surface area contributed by atoms with Crippen molar-refractivity contribution in [1.29, 1.82) is 0 Å². The van der Waals surface area contributed by atoms with Crippen LogP contribution in [0.3, 0.4) is 0 Å². The van der Waals surface area contributed by atoms with E-state index in [4.69, 9.17) is 34.3 Å². The van der Waals surface area contributed by atoms with Crippen LogP contribution in [0.5, 0.6) is 0 Å². The lowest BCUT2D eigenvalue weighted by molar-refractivity contribution is 0.667. The molecule has 0 unspecified atom stereocenters. The minimum Gasteiger partial charge on any atom is -0.453 e. The van der Waals surface area contributed by atoms with Gasteiger partial charge in [-0.2, -0.15) is 0 Å². The van der Waals surface area contributed by atoms with Gasteiger partial charge in [0.25, 0.3) is 0 Å². The lowest BCUT2D eigenvalue weighted by atomic mass is 9.93. The van der Waals surface area contributed by atoms with Gasteiger partial charge >= 0.3 is 0 Å². The SMILES string of the molecule is c1ccc(-c2nc(-c3ccccc3)nc(-c3ccc4c5ccc(-n6c7ccccc7c7cc(-c8ccc9sc%10cc%11c(cc%10c9c8)sc8ccccc8%11)ccc76)cc5c5ccccc5c4c3)n2)cc1.c1ccc(-c2nc(-c3ccccc3)nc(-c3cccc4c3oc3c(-n5c6ccccc6c6cc(-c7ccc8sc9cc%10c(cc9c8c7)sc7ccccc7%10)ccc65)cccc34)n2)cc1. The molecule has 9 nitrogen and oxygen atoms in total. The van der Waals surface area contributed by atoms with Crippen molar-refractivity contribution in [2.24, 2.45) is 0 Å². The molecule has 0 aliphatic heterocycles. The van der Waals surface area contributed by atoms with E-state index in [1.54, 1.807) is 0 Å². The molecule has 29 rings (SSSR count). The van der Waals surface area contributed by atoms with Crippen molar-refractivity contribution < 1.29 is 4.42 Å². The van der Waals surface area contributed by atoms with Gasteiger partial charge < -0.3 is 13.6 Å². The van der Waals surface area contributed by atoms with Gasteiger partial charge in [0.05, 0.1) is 33.3 Å². The van der Waals surface area contributed by atoms with Crippen LogP contribution in [-0.2, 0) is 0 Å². The number of furan rings is 1. The maximum absolute atomic E-state index is 7.07. The molecule has 0 saturated carbocycles. The average Bonchev–Trinajstić information content (AvgIpc) is 1.52.